The first-order chi connectivity index (χ1) is 7.25. The Morgan fingerprint density at radius 1 is 1.47 bits per heavy atom. The first-order valence-corrected chi connectivity index (χ1v) is 4.31. The Balaban J connectivity index is 2.02. The first-order valence-electron chi connectivity index (χ1n) is 4.31. The summed E-state index contributed by atoms with van der Waals surface area (Å²) < 4.78 is 23.2. The van der Waals surface area contributed by atoms with Gasteiger partial charge < -0.3 is 9.15 Å². The molecule has 5 heteroatoms. The average molecular weight is 203 g/mol. The van der Waals surface area contributed by atoms with Crippen molar-refractivity contribution in [3.8, 4) is 5.75 Å². The van der Waals surface area contributed by atoms with Crippen LogP contribution in [0.1, 0.15) is 5.76 Å². The van der Waals surface area contributed by atoms with Gasteiger partial charge in [0.25, 0.3) is 0 Å². The molecule has 3 nitrogen and oxygen atoms in total. The van der Waals surface area contributed by atoms with E-state index in [0.29, 0.717) is 11.5 Å². The van der Waals surface area contributed by atoms with E-state index >= 15 is 0 Å². The van der Waals surface area contributed by atoms with Crippen LogP contribution in [0.3, 0.4) is 0 Å². The van der Waals surface area contributed by atoms with Crippen molar-refractivity contribution in [1.82, 2.24) is 4.98 Å². The molecule has 2 aromatic rings. The molecule has 0 aliphatic carbocycles. The average Bonchev–Trinajstić information content (AvgIpc) is 2.73. The largest absolute Gasteiger partial charge is 0.485 e. The summed E-state index contributed by atoms with van der Waals surface area (Å²) in [6.07, 6.45) is 2.84. The molecule has 0 saturated heterocycles. The number of hydrogen-bond acceptors (Lipinski definition) is 3. The van der Waals surface area contributed by atoms with Gasteiger partial charge in [-0.05, 0) is 6.07 Å². The Morgan fingerprint density at radius 2 is 2.33 bits per heavy atom. The van der Waals surface area contributed by atoms with Gasteiger partial charge in [0.05, 0.1) is 6.20 Å². The van der Waals surface area contributed by atoms with Crippen molar-refractivity contribution in [3.05, 3.63) is 42.4 Å². The molecule has 74 valence electrons. The van der Waals surface area contributed by atoms with Gasteiger partial charge >= 0.3 is 0 Å². The summed E-state index contributed by atoms with van der Waals surface area (Å²) in [5, 5.41) is 0. The minimum Gasteiger partial charge on any atom is -0.485 e. The quantitative estimate of drug-likeness (QED) is 0.702. The summed E-state index contributed by atoms with van der Waals surface area (Å²) in [6.45, 7) is 0.212. The van der Waals surface area contributed by atoms with Gasteiger partial charge in [-0.25, -0.2) is 9.37 Å². The molecule has 15 heavy (non-hydrogen) atoms. The fourth-order valence-corrected chi connectivity index (χ4v) is 1.07. The van der Waals surface area contributed by atoms with E-state index in [1.807, 2.05) is 0 Å². The van der Waals surface area contributed by atoms with Crippen LogP contribution in [0, 0.1) is 5.82 Å². The molecule has 2 rings (SSSR count). The molecule has 0 aliphatic heterocycles. The number of hydrogen-bond donors (Lipinski definition) is 0. The standard InChI is InChI=1S/C10H7BFNO2/c11-9-2-1-7(3-10(9)12)14-5-8-4-13-6-15-8/h1-4,6H,5H2. The maximum Gasteiger partial charge on any atom is 0.181 e. The van der Waals surface area contributed by atoms with Crippen molar-refractivity contribution in [2.45, 2.75) is 6.61 Å². The monoisotopic (exact) mass is 203 g/mol. The second kappa shape index (κ2) is 4.17. The van der Waals surface area contributed by atoms with E-state index in [2.05, 4.69) is 4.98 Å². The molecular weight excluding hydrogens is 196 g/mol. The van der Waals surface area contributed by atoms with Gasteiger partial charge in [-0.3, -0.25) is 0 Å². The van der Waals surface area contributed by atoms with Gasteiger partial charge in [-0.15, -0.1) is 0 Å². The zero-order chi connectivity index (χ0) is 10.7. The Morgan fingerprint density at radius 3 is 3.00 bits per heavy atom. The predicted molar refractivity (Wildman–Crippen MR) is 52.6 cm³/mol. The molecule has 1 aromatic carbocycles. The third-order valence-corrected chi connectivity index (χ3v) is 1.84. The number of ether oxygens (including phenoxy) is 1. The van der Waals surface area contributed by atoms with Crippen LogP contribution < -0.4 is 10.2 Å². The van der Waals surface area contributed by atoms with Crippen LogP contribution in [0.2, 0.25) is 0 Å². The summed E-state index contributed by atoms with van der Waals surface area (Å²) in [7, 11) is 5.32. The Labute approximate surface area is 87.3 Å². The van der Waals surface area contributed by atoms with Crippen LogP contribution in [0.25, 0.3) is 0 Å². The number of aromatic nitrogens is 1. The zero-order valence-electron chi connectivity index (χ0n) is 7.81. The lowest BCUT2D eigenvalue weighted by molar-refractivity contribution is 0.269. The third kappa shape index (κ3) is 2.37. The van der Waals surface area contributed by atoms with Crippen molar-refractivity contribution in [2.75, 3.05) is 0 Å². The lowest BCUT2D eigenvalue weighted by Gasteiger charge is -2.04. The van der Waals surface area contributed by atoms with Gasteiger partial charge in [-0.2, -0.15) is 0 Å². The topological polar surface area (TPSA) is 35.3 Å². The van der Waals surface area contributed by atoms with Crippen molar-refractivity contribution < 1.29 is 13.5 Å². The third-order valence-electron chi connectivity index (χ3n) is 1.84. The number of nitrogens with zero attached hydrogens (tertiary/aromatic N) is 1. The van der Waals surface area contributed by atoms with Crippen LogP contribution >= 0.6 is 0 Å². The molecule has 0 spiro atoms. The molecular formula is C10H7BFNO2. The van der Waals surface area contributed by atoms with Crippen LogP contribution in [-0.4, -0.2) is 12.8 Å². The van der Waals surface area contributed by atoms with Crippen LogP contribution in [0.15, 0.2) is 35.2 Å². The second-order valence-corrected chi connectivity index (χ2v) is 2.94. The Hall–Kier alpha value is -1.78. The van der Waals surface area contributed by atoms with Gasteiger partial charge in [0.2, 0.25) is 0 Å². The highest BCUT2D eigenvalue weighted by molar-refractivity contribution is 6.32. The summed E-state index contributed by atoms with van der Waals surface area (Å²) in [4.78, 5) is 3.73. The minimum atomic E-state index is -0.495. The smallest absolute Gasteiger partial charge is 0.181 e. The highest BCUT2D eigenvalue weighted by Gasteiger charge is 2.01. The molecule has 0 atom stereocenters. The van der Waals surface area contributed by atoms with E-state index in [-0.39, 0.29) is 12.1 Å². The molecule has 0 amide bonds. The molecule has 0 unspecified atom stereocenters. The van der Waals surface area contributed by atoms with Crippen LogP contribution in [0.5, 0.6) is 5.75 Å². The normalized spacial score (nSPS) is 10.2. The summed E-state index contributed by atoms with van der Waals surface area (Å²) >= 11 is 0. The molecule has 0 fully saturated rings. The highest BCUT2D eigenvalue weighted by atomic mass is 19.1. The fourth-order valence-electron chi connectivity index (χ4n) is 1.07. The van der Waals surface area contributed by atoms with Gasteiger partial charge in [0.1, 0.15) is 26.0 Å². The molecule has 1 heterocycles. The zero-order valence-corrected chi connectivity index (χ0v) is 7.81. The van der Waals surface area contributed by atoms with E-state index in [4.69, 9.17) is 17.0 Å². The SMILES string of the molecule is [B]c1ccc(OCc2cnco2)cc1F. The highest BCUT2D eigenvalue weighted by Crippen LogP contribution is 2.12. The maximum atomic E-state index is 13.0. The molecule has 0 aliphatic rings. The van der Waals surface area contributed by atoms with Crippen molar-refractivity contribution >= 4 is 13.3 Å². The molecule has 0 bridgehead atoms. The van der Waals surface area contributed by atoms with E-state index in [0.717, 1.165) is 0 Å². The minimum absolute atomic E-state index is 0.0991. The number of benzene rings is 1. The van der Waals surface area contributed by atoms with Crippen molar-refractivity contribution in [3.63, 3.8) is 0 Å². The van der Waals surface area contributed by atoms with E-state index in [1.54, 1.807) is 6.07 Å². The number of oxazole rings is 1. The summed E-state index contributed by atoms with van der Waals surface area (Å²) in [5.74, 6) is 0.482. The van der Waals surface area contributed by atoms with E-state index < -0.39 is 5.82 Å². The molecule has 0 saturated carbocycles. The maximum absolute atomic E-state index is 13.0. The lowest BCUT2D eigenvalue weighted by Crippen LogP contribution is -2.07. The van der Waals surface area contributed by atoms with Gasteiger partial charge in [0.15, 0.2) is 12.2 Å². The van der Waals surface area contributed by atoms with Crippen molar-refractivity contribution in [1.29, 1.82) is 0 Å². The molecule has 2 radical (unpaired) electrons. The molecule has 1 aromatic heterocycles. The second-order valence-electron chi connectivity index (χ2n) is 2.94. The Kier molecular flexibility index (Phi) is 2.71. The fraction of sp³-hybridized carbons (Fsp3) is 0.100. The van der Waals surface area contributed by atoms with Crippen LogP contribution in [-0.2, 0) is 6.61 Å². The van der Waals surface area contributed by atoms with Gasteiger partial charge in [0, 0.05) is 6.07 Å². The number of rotatable bonds is 3. The van der Waals surface area contributed by atoms with Gasteiger partial charge in [-0.1, -0.05) is 11.5 Å². The number of halogens is 1. The lowest BCUT2D eigenvalue weighted by atomic mass is 9.96. The van der Waals surface area contributed by atoms with Crippen LogP contribution in [0.4, 0.5) is 4.39 Å². The summed E-state index contributed by atoms with van der Waals surface area (Å²) in [5.41, 5.74) is 0.0991. The first kappa shape index (κ1) is 9.77. The van der Waals surface area contributed by atoms with Crippen molar-refractivity contribution in [2.24, 2.45) is 0 Å². The van der Waals surface area contributed by atoms with E-state index in [9.17, 15) is 4.39 Å². The van der Waals surface area contributed by atoms with E-state index in [1.165, 1.54) is 24.7 Å². The molecule has 0 N–H and O–H groups in total. The Bertz CT molecular complexity index is 445. The summed E-state index contributed by atoms with van der Waals surface area (Å²) in [6, 6.07) is 4.27. The predicted octanol–water partition coefficient (Wildman–Crippen LogP) is 1.19.